The molecule has 0 fully saturated rings. The van der Waals surface area contributed by atoms with Crippen molar-refractivity contribution in [3.05, 3.63) is 26.7 Å². The van der Waals surface area contributed by atoms with E-state index >= 15 is 0 Å². The van der Waals surface area contributed by atoms with E-state index in [1.54, 1.807) is 25.1 Å². The number of hydrogen-bond acceptors (Lipinski definition) is 5. The summed E-state index contributed by atoms with van der Waals surface area (Å²) in [5.41, 5.74) is 1.04. The minimum atomic E-state index is -0.399. The highest BCUT2D eigenvalue weighted by molar-refractivity contribution is 9.10. The third kappa shape index (κ3) is 5.50. The largest absolute Gasteiger partial charge is 0.368 e. The molecular weight excluding hydrogens is 322 g/mol. The van der Waals surface area contributed by atoms with Crippen LogP contribution in [0.3, 0.4) is 0 Å². The van der Waals surface area contributed by atoms with Crippen molar-refractivity contribution in [1.29, 1.82) is 0 Å². The van der Waals surface area contributed by atoms with Crippen molar-refractivity contribution in [3.8, 4) is 0 Å². The van der Waals surface area contributed by atoms with E-state index in [0.717, 1.165) is 21.8 Å². The SMILES string of the molecule is CN=C(C[N+](=O)[O-])NCCSCc1[nH]cnc1Br. The summed E-state index contributed by atoms with van der Waals surface area (Å²) < 4.78 is 0.826. The first-order chi connectivity index (χ1) is 8.63. The van der Waals surface area contributed by atoms with Gasteiger partial charge >= 0.3 is 0 Å². The maximum atomic E-state index is 10.3. The molecular formula is C9H14BrN5O2S. The third-order valence-corrected chi connectivity index (χ3v) is 3.71. The number of H-pyrrole nitrogens is 1. The molecule has 1 aromatic heterocycles. The van der Waals surface area contributed by atoms with Crippen LogP contribution >= 0.6 is 27.7 Å². The van der Waals surface area contributed by atoms with Crippen molar-refractivity contribution in [2.45, 2.75) is 5.75 Å². The van der Waals surface area contributed by atoms with Crippen LogP contribution in [0.25, 0.3) is 0 Å². The van der Waals surface area contributed by atoms with Gasteiger partial charge in [-0.25, -0.2) is 4.98 Å². The van der Waals surface area contributed by atoms with Gasteiger partial charge in [0, 0.05) is 30.0 Å². The lowest BCUT2D eigenvalue weighted by Gasteiger charge is -2.05. The van der Waals surface area contributed by atoms with Crippen molar-refractivity contribution in [2.24, 2.45) is 4.99 Å². The first-order valence-electron chi connectivity index (χ1n) is 5.20. The second-order valence-electron chi connectivity index (χ2n) is 3.31. The number of nitrogens with one attached hydrogen (secondary N) is 2. The molecule has 100 valence electrons. The molecule has 0 aliphatic heterocycles. The highest BCUT2D eigenvalue weighted by atomic mass is 79.9. The van der Waals surface area contributed by atoms with E-state index in [1.807, 2.05) is 0 Å². The van der Waals surface area contributed by atoms with Crippen LogP contribution in [0.4, 0.5) is 0 Å². The van der Waals surface area contributed by atoms with Gasteiger partial charge in [0.05, 0.1) is 12.0 Å². The van der Waals surface area contributed by atoms with E-state index in [4.69, 9.17) is 0 Å². The Morgan fingerprint density at radius 3 is 3.11 bits per heavy atom. The van der Waals surface area contributed by atoms with Gasteiger partial charge in [-0.2, -0.15) is 11.8 Å². The molecule has 2 N–H and O–H groups in total. The van der Waals surface area contributed by atoms with Gasteiger partial charge in [0.2, 0.25) is 0 Å². The molecule has 1 rings (SSSR count). The Hall–Kier alpha value is -1.09. The molecule has 0 aromatic carbocycles. The summed E-state index contributed by atoms with van der Waals surface area (Å²) in [5.74, 6) is 2.06. The average Bonchev–Trinajstić information content (AvgIpc) is 2.72. The Balaban J connectivity index is 2.15. The van der Waals surface area contributed by atoms with Gasteiger partial charge in [-0.05, 0) is 15.9 Å². The monoisotopic (exact) mass is 335 g/mol. The average molecular weight is 336 g/mol. The lowest BCUT2D eigenvalue weighted by atomic mass is 10.5. The van der Waals surface area contributed by atoms with Crippen LogP contribution in [-0.2, 0) is 5.75 Å². The second-order valence-corrected chi connectivity index (χ2v) is 5.17. The van der Waals surface area contributed by atoms with E-state index in [2.05, 4.69) is 36.2 Å². The van der Waals surface area contributed by atoms with Gasteiger partial charge in [0.1, 0.15) is 4.60 Å². The third-order valence-electron chi connectivity index (χ3n) is 2.04. The van der Waals surface area contributed by atoms with E-state index in [9.17, 15) is 10.1 Å². The minimum absolute atomic E-state index is 0.257. The molecule has 0 saturated heterocycles. The maximum absolute atomic E-state index is 10.3. The molecule has 0 spiro atoms. The first kappa shape index (κ1) is 15.0. The topological polar surface area (TPSA) is 96.2 Å². The van der Waals surface area contributed by atoms with Crippen LogP contribution in [0, 0.1) is 10.1 Å². The summed E-state index contributed by atoms with van der Waals surface area (Å²) in [4.78, 5) is 20.8. The number of aromatic amines is 1. The lowest BCUT2D eigenvalue weighted by molar-refractivity contribution is -0.463. The zero-order valence-corrected chi connectivity index (χ0v) is 12.3. The summed E-state index contributed by atoms with van der Waals surface area (Å²) in [6.45, 7) is 0.393. The van der Waals surface area contributed by atoms with Gasteiger partial charge < -0.3 is 10.3 Å². The maximum Gasteiger partial charge on any atom is 0.259 e. The van der Waals surface area contributed by atoms with E-state index < -0.39 is 4.92 Å². The van der Waals surface area contributed by atoms with Gasteiger partial charge in [0.25, 0.3) is 6.54 Å². The summed E-state index contributed by atoms with van der Waals surface area (Å²) in [7, 11) is 1.54. The van der Waals surface area contributed by atoms with Crippen LogP contribution in [0.1, 0.15) is 5.69 Å². The van der Waals surface area contributed by atoms with Crippen LogP contribution in [-0.4, -0.2) is 46.6 Å². The Labute approximate surface area is 117 Å². The predicted octanol–water partition coefficient (Wildman–Crippen LogP) is 1.30. The fraction of sp³-hybridized carbons (Fsp3) is 0.556. The molecule has 1 aromatic rings. The number of thioether (sulfide) groups is 1. The number of amidine groups is 1. The number of halogens is 1. The molecule has 0 radical (unpaired) electrons. The Morgan fingerprint density at radius 2 is 2.56 bits per heavy atom. The van der Waals surface area contributed by atoms with Crippen molar-refractivity contribution < 1.29 is 4.92 Å². The van der Waals surface area contributed by atoms with Gasteiger partial charge in [-0.1, -0.05) is 0 Å². The Kier molecular flexibility index (Phi) is 6.73. The zero-order chi connectivity index (χ0) is 13.4. The molecule has 9 heteroatoms. The van der Waals surface area contributed by atoms with Gasteiger partial charge in [-0.15, -0.1) is 0 Å². The molecule has 0 atom stereocenters. The molecule has 0 bridgehead atoms. The summed E-state index contributed by atoms with van der Waals surface area (Å²) in [5, 5.41) is 13.3. The van der Waals surface area contributed by atoms with Crippen LogP contribution in [0.15, 0.2) is 15.9 Å². The standard InChI is InChI=1S/C9H14BrN5O2S/c1-11-8(4-15(16)17)12-2-3-18-5-7-9(10)14-6-13-7/h6H,2-5H2,1H3,(H,11,12)(H,13,14). The number of nitro groups is 1. The number of rotatable bonds is 7. The molecule has 0 unspecified atom stereocenters. The molecule has 0 aliphatic carbocycles. The van der Waals surface area contributed by atoms with Crippen LogP contribution in [0.2, 0.25) is 0 Å². The van der Waals surface area contributed by atoms with E-state index in [-0.39, 0.29) is 6.54 Å². The van der Waals surface area contributed by atoms with Crippen molar-refractivity contribution >= 4 is 33.5 Å². The number of aromatic nitrogens is 2. The normalized spacial score (nSPS) is 11.6. The fourth-order valence-corrected chi connectivity index (χ4v) is 2.53. The number of hydrogen-bond donors (Lipinski definition) is 2. The Bertz CT molecular complexity index is 423. The molecule has 0 saturated carbocycles. The van der Waals surface area contributed by atoms with Crippen molar-refractivity contribution in [1.82, 2.24) is 15.3 Å². The molecule has 0 aliphatic rings. The van der Waals surface area contributed by atoms with E-state index in [1.165, 1.54) is 0 Å². The van der Waals surface area contributed by atoms with Crippen molar-refractivity contribution in [2.75, 3.05) is 25.9 Å². The lowest BCUT2D eigenvalue weighted by Crippen LogP contribution is -2.31. The number of aliphatic imine (C=N–C) groups is 1. The Morgan fingerprint density at radius 1 is 1.78 bits per heavy atom. The molecule has 18 heavy (non-hydrogen) atoms. The van der Waals surface area contributed by atoms with E-state index in [0.29, 0.717) is 12.4 Å². The van der Waals surface area contributed by atoms with Gasteiger partial charge in [-0.3, -0.25) is 15.1 Å². The summed E-state index contributed by atoms with van der Waals surface area (Å²) >= 11 is 5.04. The molecule has 7 nitrogen and oxygen atoms in total. The van der Waals surface area contributed by atoms with Gasteiger partial charge in [0.15, 0.2) is 5.84 Å². The summed E-state index contributed by atoms with van der Waals surface area (Å²) in [6, 6.07) is 0. The minimum Gasteiger partial charge on any atom is -0.368 e. The zero-order valence-electron chi connectivity index (χ0n) is 9.85. The molecule has 0 amide bonds. The molecule has 1 heterocycles. The van der Waals surface area contributed by atoms with Crippen LogP contribution in [0.5, 0.6) is 0 Å². The first-order valence-corrected chi connectivity index (χ1v) is 7.15. The van der Waals surface area contributed by atoms with Crippen molar-refractivity contribution in [3.63, 3.8) is 0 Å². The quantitative estimate of drug-likeness (QED) is 0.257. The second kappa shape index (κ2) is 8.09. The fourth-order valence-electron chi connectivity index (χ4n) is 1.18. The van der Waals surface area contributed by atoms with Crippen LogP contribution < -0.4 is 5.32 Å². The smallest absolute Gasteiger partial charge is 0.259 e. The summed E-state index contributed by atoms with van der Waals surface area (Å²) in [6.07, 6.45) is 1.64. The highest BCUT2D eigenvalue weighted by Gasteiger charge is 2.05. The predicted molar refractivity (Wildman–Crippen MR) is 75.7 cm³/mol. The number of nitrogens with zero attached hydrogens (tertiary/aromatic N) is 3. The number of imidazole rings is 1. The highest BCUT2D eigenvalue weighted by Crippen LogP contribution is 2.16.